The quantitative estimate of drug-likeness (QED) is 0.593. The van der Waals surface area contributed by atoms with Crippen molar-refractivity contribution in [3.05, 3.63) is 18.2 Å². The van der Waals surface area contributed by atoms with Crippen LogP contribution in [0, 0.1) is 5.41 Å². The number of nitrogens with zero attached hydrogens (tertiary/aromatic N) is 1. The normalized spacial score (nSPS) is 15.1. The van der Waals surface area contributed by atoms with Gasteiger partial charge in [-0.05, 0) is 11.8 Å². The zero-order valence-corrected chi connectivity index (χ0v) is 11.0. The summed E-state index contributed by atoms with van der Waals surface area (Å²) >= 11 is 0. The number of nitrogens with one attached hydrogen (secondary N) is 1. The molecular formula is C13H20N2O3. The molecule has 2 N–H and O–H groups in total. The van der Waals surface area contributed by atoms with Gasteiger partial charge < -0.3 is 10.1 Å². The topological polar surface area (TPSA) is 83.0 Å². The Hall–Kier alpha value is -1.49. The van der Waals surface area contributed by atoms with Crippen LogP contribution in [-0.2, 0) is 9.59 Å². The lowest BCUT2D eigenvalue weighted by Gasteiger charge is -2.33. The number of carbonyl (C=O) groups is 2. The van der Waals surface area contributed by atoms with E-state index in [2.05, 4.69) is 9.97 Å². The van der Waals surface area contributed by atoms with Crippen LogP contribution in [0.15, 0.2) is 12.5 Å². The van der Waals surface area contributed by atoms with Crippen LogP contribution >= 0.6 is 0 Å². The molecule has 1 heterocycles. The van der Waals surface area contributed by atoms with Gasteiger partial charge in [0.2, 0.25) is 0 Å². The summed E-state index contributed by atoms with van der Waals surface area (Å²) in [6, 6.07) is 0. The third kappa shape index (κ3) is 3.77. The maximum absolute atomic E-state index is 11.0. The number of imidazole rings is 1. The summed E-state index contributed by atoms with van der Waals surface area (Å²) in [5, 5.41) is 10.2. The van der Waals surface area contributed by atoms with E-state index in [1.807, 2.05) is 20.8 Å². The first-order chi connectivity index (χ1) is 8.36. The molecule has 5 heteroatoms. The predicted octanol–water partition coefficient (Wildman–Crippen LogP) is 1.45. The third-order valence-corrected chi connectivity index (χ3v) is 2.99. The first-order valence-corrected chi connectivity index (χ1v) is 6.00. The average molecular weight is 252 g/mol. The number of H-pyrrole nitrogens is 1. The van der Waals surface area contributed by atoms with Crippen LogP contribution < -0.4 is 0 Å². The molecule has 0 amide bonds. The van der Waals surface area contributed by atoms with Crippen molar-refractivity contribution in [3.8, 4) is 0 Å². The molecule has 0 aliphatic heterocycles. The molecule has 0 aliphatic carbocycles. The highest BCUT2D eigenvalue weighted by Gasteiger charge is 2.33. The highest BCUT2D eigenvalue weighted by molar-refractivity contribution is 6.24. The van der Waals surface area contributed by atoms with Crippen molar-refractivity contribution < 1.29 is 14.7 Å². The van der Waals surface area contributed by atoms with Gasteiger partial charge in [-0.15, -0.1) is 0 Å². The molecule has 0 aliphatic rings. The van der Waals surface area contributed by atoms with Gasteiger partial charge >= 0.3 is 0 Å². The van der Waals surface area contributed by atoms with Crippen LogP contribution in [0.2, 0.25) is 0 Å². The van der Waals surface area contributed by atoms with E-state index in [0.29, 0.717) is 6.29 Å². The highest BCUT2D eigenvalue weighted by Crippen LogP contribution is 2.37. The van der Waals surface area contributed by atoms with E-state index in [-0.39, 0.29) is 24.2 Å². The second-order valence-electron chi connectivity index (χ2n) is 5.54. The maximum atomic E-state index is 11.0. The molecule has 1 aromatic heterocycles. The second kappa shape index (κ2) is 5.91. The molecule has 2 unspecified atom stereocenters. The molecule has 100 valence electrons. The van der Waals surface area contributed by atoms with Crippen molar-refractivity contribution in [1.29, 1.82) is 0 Å². The maximum Gasteiger partial charge on any atom is 0.195 e. The minimum Gasteiger partial charge on any atom is -0.392 e. The Morgan fingerprint density at radius 1 is 1.56 bits per heavy atom. The number of carbonyl (C=O) groups excluding carboxylic acids is 2. The summed E-state index contributed by atoms with van der Waals surface area (Å²) in [6.07, 6.45) is 3.21. The van der Waals surface area contributed by atoms with Gasteiger partial charge in [0.1, 0.15) is 0 Å². The molecular weight excluding hydrogens is 232 g/mol. The van der Waals surface area contributed by atoms with Gasteiger partial charge in [-0.1, -0.05) is 20.8 Å². The zero-order valence-electron chi connectivity index (χ0n) is 11.0. The van der Waals surface area contributed by atoms with Gasteiger partial charge in [0.25, 0.3) is 0 Å². The number of hydrogen-bond donors (Lipinski definition) is 2. The Kier molecular flexibility index (Phi) is 4.78. The molecule has 1 aromatic rings. The van der Waals surface area contributed by atoms with Gasteiger partial charge in [0.05, 0.1) is 12.4 Å². The molecule has 0 spiro atoms. The van der Waals surface area contributed by atoms with Crippen molar-refractivity contribution in [2.24, 2.45) is 5.41 Å². The Bertz CT molecular complexity index is 393. The number of Topliss-reactive ketones (excluding diaryl/α,β-unsaturated/α-hetero) is 1. The van der Waals surface area contributed by atoms with Crippen LogP contribution in [0.4, 0.5) is 0 Å². The number of aldehydes is 1. The van der Waals surface area contributed by atoms with Crippen LogP contribution in [0.3, 0.4) is 0 Å². The number of aromatic amines is 1. The molecule has 0 bridgehead atoms. The Morgan fingerprint density at radius 2 is 2.22 bits per heavy atom. The Balaban J connectivity index is 2.78. The van der Waals surface area contributed by atoms with Crippen LogP contribution in [-0.4, -0.2) is 33.2 Å². The zero-order chi connectivity index (χ0) is 13.8. The van der Waals surface area contributed by atoms with Crippen molar-refractivity contribution in [3.63, 3.8) is 0 Å². The Morgan fingerprint density at radius 3 is 2.67 bits per heavy atom. The monoisotopic (exact) mass is 252 g/mol. The number of aliphatic hydroxyl groups excluding tert-OH is 1. The van der Waals surface area contributed by atoms with Crippen molar-refractivity contribution in [2.75, 3.05) is 0 Å². The third-order valence-electron chi connectivity index (χ3n) is 2.99. The van der Waals surface area contributed by atoms with E-state index in [1.165, 1.54) is 0 Å². The van der Waals surface area contributed by atoms with E-state index >= 15 is 0 Å². The van der Waals surface area contributed by atoms with E-state index in [9.17, 15) is 14.7 Å². The summed E-state index contributed by atoms with van der Waals surface area (Å²) in [5.74, 6) is -0.634. The molecule has 0 aromatic carbocycles. The number of aromatic nitrogens is 2. The molecule has 0 radical (unpaired) electrons. The molecule has 18 heavy (non-hydrogen) atoms. The van der Waals surface area contributed by atoms with Gasteiger partial charge in [0.15, 0.2) is 12.1 Å². The standard InChI is InChI=1S/C13H20N2O3/c1-13(2,3)12(10-6-14-8-15-10)11(18)5-4-9(17)7-16/h6-8,11-12,18H,4-5H2,1-3H3,(H,14,15). The minimum absolute atomic E-state index is 0.0748. The average Bonchev–Trinajstić information content (AvgIpc) is 2.77. The number of aliphatic hydroxyl groups is 1. The SMILES string of the molecule is CC(C)(C)C(c1cnc[nH]1)C(O)CCC(=O)C=O. The Labute approximate surface area is 107 Å². The first kappa shape index (κ1) is 14.6. The van der Waals surface area contributed by atoms with Crippen LogP contribution in [0.1, 0.15) is 45.2 Å². The molecule has 1 rings (SSSR count). The lowest BCUT2D eigenvalue weighted by molar-refractivity contribution is -0.130. The molecule has 5 nitrogen and oxygen atoms in total. The fourth-order valence-corrected chi connectivity index (χ4v) is 2.20. The van der Waals surface area contributed by atoms with Crippen LogP contribution in [0.25, 0.3) is 0 Å². The summed E-state index contributed by atoms with van der Waals surface area (Å²) in [5.41, 5.74) is 0.671. The number of rotatable bonds is 6. The summed E-state index contributed by atoms with van der Waals surface area (Å²) < 4.78 is 0. The first-order valence-electron chi connectivity index (χ1n) is 6.00. The van der Waals surface area contributed by atoms with Crippen molar-refractivity contribution in [2.45, 2.75) is 45.6 Å². The van der Waals surface area contributed by atoms with Gasteiger partial charge in [-0.2, -0.15) is 0 Å². The number of hydrogen-bond acceptors (Lipinski definition) is 4. The number of ketones is 1. The molecule has 0 fully saturated rings. The lowest BCUT2D eigenvalue weighted by Crippen LogP contribution is -2.31. The minimum atomic E-state index is -0.686. The fourth-order valence-electron chi connectivity index (χ4n) is 2.20. The van der Waals surface area contributed by atoms with Crippen molar-refractivity contribution in [1.82, 2.24) is 9.97 Å². The molecule has 0 saturated heterocycles. The van der Waals surface area contributed by atoms with E-state index < -0.39 is 11.9 Å². The summed E-state index contributed by atoms with van der Waals surface area (Å²) in [7, 11) is 0. The van der Waals surface area contributed by atoms with E-state index in [1.54, 1.807) is 12.5 Å². The largest absolute Gasteiger partial charge is 0.392 e. The van der Waals surface area contributed by atoms with E-state index in [4.69, 9.17) is 0 Å². The van der Waals surface area contributed by atoms with Crippen LogP contribution in [0.5, 0.6) is 0 Å². The smallest absolute Gasteiger partial charge is 0.195 e. The van der Waals surface area contributed by atoms with Gasteiger partial charge in [-0.25, -0.2) is 4.98 Å². The lowest BCUT2D eigenvalue weighted by atomic mass is 9.74. The van der Waals surface area contributed by atoms with Gasteiger partial charge in [0, 0.05) is 24.2 Å². The van der Waals surface area contributed by atoms with E-state index in [0.717, 1.165) is 5.69 Å². The summed E-state index contributed by atoms with van der Waals surface area (Å²) in [6.45, 7) is 6.05. The van der Waals surface area contributed by atoms with Crippen molar-refractivity contribution >= 4 is 12.1 Å². The summed E-state index contributed by atoms with van der Waals surface area (Å²) in [4.78, 5) is 28.2. The second-order valence-corrected chi connectivity index (χ2v) is 5.54. The highest BCUT2D eigenvalue weighted by atomic mass is 16.3. The predicted molar refractivity (Wildman–Crippen MR) is 67.1 cm³/mol. The molecule has 0 saturated carbocycles. The van der Waals surface area contributed by atoms with Gasteiger partial charge in [-0.3, -0.25) is 9.59 Å². The fraction of sp³-hybridized carbons (Fsp3) is 0.615. The molecule has 2 atom stereocenters.